The molecule has 0 saturated carbocycles. The molecule has 2 aromatic carbocycles. The van der Waals surface area contributed by atoms with Gasteiger partial charge in [0.25, 0.3) is 0 Å². The van der Waals surface area contributed by atoms with Crippen molar-refractivity contribution in [3.63, 3.8) is 0 Å². The summed E-state index contributed by atoms with van der Waals surface area (Å²) in [6.07, 6.45) is 0.688. The molecule has 0 aliphatic heterocycles. The number of halogens is 1. The predicted molar refractivity (Wildman–Crippen MR) is 109 cm³/mol. The van der Waals surface area contributed by atoms with Crippen LogP contribution >= 0.6 is 11.6 Å². The number of carbonyl (C=O) groups excluding carboxylic acids is 2. The number of Topliss-reactive ketones (excluding diaryl/α,β-unsaturated/α-hetero) is 1. The molecule has 0 saturated heterocycles. The van der Waals surface area contributed by atoms with Gasteiger partial charge < -0.3 is 14.5 Å². The van der Waals surface area contributed by atoms with Gasteiger partial charge in [-0.25, -0.2) is 0 Å². The number of para-hydroxylation sites is 1. The number of benzene rings is 2. The minimum absolute atomic E-state index is 0.187. The van der Waals surface area contributed by atoms with Crippen molar-refractivity contribution in [1.29, 1.82) is 0 Å². The van der Waals surface area contributed by atoms with Crippen LogP contribution in [0, 0.1) is 13.8 Å². The number of ether oxygens (including phenoxy) is 2. The molecular formula is C22H22ClNO4. The highest BCUT2D eigenvalue weighted by molar-refractivity contribution is 6.31. The molecular weight excluding hydrogens is 378 g/mol. The molecule has 146 valence electrons. The van der Waals surface area contributed by atoms with Gasteiger partial charge in [0.1, 0.15) is 5.75 Å². The third kappa shape index (κ3) is 4.73. The first-order valence-electron chi connectivity index (χ1n) is 9.11. The lowest BCUT2D eigenvalue weighted by atomic mass is 10.1. The van der Waals surface area contributed by atoms with Gasteiger partial charge in [-0.05, 0) is 50.1 Å². The van der Waals surface area contributed by atoms with E-state index in [0.717, 1.165) is 22.2 Å². The van der Waals surface area contributed by atoms with Gasteiger partial charge in [0, 0.05) is 33.6 Å². The molecule has 0 spiro atoms. The van der Waals surface area contributed by atoms with Crippen molar-refractivity contribution < 1.29 is 19.1 Å². The summed E-state index contributed by atoms with van der Waals surface area (Å²) in [5.74, 6) is 0.0816. The molecule has 0 bridgehead atoms. The fourth-order valence-corrected chi connectivity index (χ4v) is 3.16. The van der Waals surface area contributed by atoms with Crippen molar-refractivity contribution in [1.82, 2.24) is 4.98 Å². The van der Waals surface area contributed by atoms with Gasteiger partial charge in [0.05, 0.1) is 6.61 Å². The highest BCUT2D eigenvalue weighted by atomic mass is 35.5. The fourth-order valence-electron chi connectivity index (χ4n) is 3.04. The number of hydrogen-bond donors (Lipinski definition) is 1. The zero-order valence-electron chi connectivity index (χ0n) is 15.9. The molecule has 6 heteroatoms. The molecule has 0 radical (unpaired) electrons. The van der Waals surface area contributed by atoms with E-state index in [1.807, 2.05) is 44.2 Å². The number of H-pyrrole nitrogens is 1. The normalized spacial score (nSPS) is 10.8. The van der Waals surface area contributed by atoms with Crippen LogP contribution in [0.15, 0.2) is 42.5 Å². The molecule has 28 heavy (non-hydrogen) atoms. The number of rotatable bonds is 8. The molecule has 0 fully saturated rings. The van der Waals surface area contributed by atoms with E-state index in [9.17, 15) is 9.59 Å². The second-order valence-corrected chi connectivity index (χ2v) is 7.02. The quantitative estimate of drug-likeness (QED) is 0.328. The zero-order chi connectivity index (χ0) is 20.1. The molecule has 3 rings (SSSR count). The standard InChI is InChI=1S/C22H22ClNO4/c1-14-12-16(9-10-18(14)23)27-11-5-8-21(26)28-13-20(25)22-15(2)24-19-7-4-3-6-17(19)22/h3-4,6-7,9-10,12,24H,5,8,11,13H2,1-2H3. The Labute approximate surface area is 168 Å². The zero-order valence-corrected chi connectivity index (χ0v) is 16.6. The summed E-state index contributed by atoms with van der Waals surface area (Å²) in [5.41, 5.74) is 3.17. The number of esters is 1. The Bertz CT molecular complexity index is 1010. The van der Waals surface area contributed by atoms with E-state index in [4.69, 9.17) is 21.1 Å². The Hall–Kier alpha value is -2.79. The highest BCUT2D eigenvalue weighted by Crippen LogP contribution is 2.23. The van der Waals surface area contributed by atoms with Crippen LogP contribution in [0.5, 0.6) is 5.75 Å². The van der Waals surface area contributed by atoms with Gasteiger partial charge >= 0.3 is 5.97 Å². The van der Waals surface area contributed by atoms with Crippen LogP contribution in [0.2, 0.25) is 5.02 Å². The molecule has 0 atom stereocenters. The van der Waals surface area contributed by atoms with E-state index >= 15 is 0 Å². The van der Waals surface area contributed by atoms with Crippen LogP contribution in [0.4, 0.5) is 0 Å². The largest absolute Gasteiger partial charge is 0.494 e. The summed E-state index contributed by atoms with van der Waals surface area (Å²) >= 11 is 5.98. The number of fused-ring (bicyclic) bond motifs is 1. The van der Waals surface area contributed by atoms with E-state index in [0.29, 0.717) is 29.4 Å². The van der Waals surface area contributed by atoms with Crippen LogP contribution in [0.1, 0.15) is 34.5 Å². The lowest BCUT2D eigenvalue weighted by Crippen LogP contribution is -2.15. The van der Waals surface area contributed by atoms with Crippen LogP contribution in [-0.2, 0) is 9.53 Å². The Morgan fingerprint density at radius 1 is 1.11 bits per heavy atom. The maximum Gasteiger partial charge on any atom is 0.306 e. The van der Waals surface area contributed by atoms with Crippen molar-refractivity contribution in [3.8, 4) is 5.75 Å². The lowest BCUT2D eigenvalue weighted by Gasteiger charge is -2.08. The molecule has 0 unspecified atom stereocenters. The van der Waals surface area contributed by atoms with Gasteiger partial charge in [-0.3, -0.25) is 9.59 Å². The minimum atomic E-state index is -0.415. The summed E-state index contributed by atoms with van der Waals surface area (Å²) < 4.78 is 10.7. The molecule has 1 aromatic heterocycles. The second kappa shape index (κ2) is 8.93. The lowest BCUT2D eigenvalue weighted by molar-refractivity contribution is -0.142. The molecule has 0 aliphatic rings. The smallest absolute Gasteiger partial charge is 0.306 e. The van der Waals surface area contributed by atoms with Crippen LogP contribution in [0.3, 0.4) is 0 Å². The van der Waals surface area contributed by atoms with E-state index < -0.39 is 5.97 Å². The first-order chi connectivity index (χ1) is 13.5. The number of ketones is 1. The monoisotopic (exact) mass is 399 g/mol. The summed E-state index contributed by atoms with van der Waals surface area (Å²) in [5, 5.41) is 1.53. The first-order valence-corrected chi connectivity index (χ1v) is 9.48. The summed E-state index contributed by atoms with van der Waals surface area (Å²) in [6, 6.07) is 13.0. The molecule has 1 heterocycles. The number of carbonyl (C=O) groups is 2. The van der Waals surface area contributed by atoms with Gasteiger partial charge in [-0.15, -0.1) is 0 Å². The van der Waals surface area contributed by atoms with Gasteiger partial charge in [0.15, 0.2) is 6.61 Å². The average molecular weight is 400 g/mol. The highest BCUT2D eigenvalue weighted by Gasteiger charge is 2.17. The van der Waals surface area contributed by atoms with Crippen LogP contribution < -0.4 is 4.74 Å². The minimum Gasteiger partial charge on any atom is -0.494 e. The van der Waals surface area contributed by atoms with Crippen LogP contribution in [0.25, 0.3) is 10.9 Å². The third-order valence-corrected chi connectivity index (χ3v) is 4.88. The fraction of sp³-hybridized carbons (Fsp3) is 0.273. The predicted octanol–water partition coefficient (Wildman–Crippen LogP) is 5.02. The molecule has 0 aliphatic carbocycles. The molecule has 1 N–H and O–H groups in total. The first kappa shape index (κ1) is 20.0. The van der Waals surface area contributed by atoms with E-state index in [1.54, 1.807) is 12.1 Å². The Kier molecular flexibility index (Phi) is 6.37. The molecule has 0 amide bonds. The Morgan fingerprint density at radius 3 is 2.68 bits per heavy atom. The molecule has 3 aromatic rings. The van der Waals surface area contributed by atoms with Crippen molar-refractivity contribution in [2.45, 2.75) is 26.7 Å². The molecule has 5 nitrogen and oxygen atoms in total. The van der Waals surface area contributed by atoms with Crippen molar-refractivity contribution in [3.05, 3.63) is 64.3 Å². The number of aryl methyl sites for hydroxylation is 2. The van der Waals surface area contributed by atoms with Crippen molar-refractivity contribution in [2.24, 2.45) is 0 Å². The number of aromatic amines is 1. The average Bonchev–Trinajstić information content (AvgIpc) is 3.01. The van der Waals surface area contributed by atoms with Crippen molar-refractivity contribution in [2.75, 3.05) is 13.2 Å². The van der Waals surface area contributed by atoms with E-state index in [-0.39, 0.29) is 18.8 Å². The van der Waals surface area contributed by atoms with Gasteiger partial charge in [-0.1, -0.05) is 29.8 Å². The van der Waals surface area contributed by atoms with Crippen LogP contribution in [-0.4, -0.2) is 30.0 Å². The van der Waals surface area contributed by atoms with E-state index in [2.05, 4.69) is 4.98 Å². The summed E-state index contributed by atoms with van der Waals surface area (Å²) in [4.78, 5) is 27.6. The Balaban J connectivity index is 1.44. The second-order valence-electron chi connectivity index (χ2n) is 6.62. The third-order valence-electron chi connectivity index (χ3n) is 4.46. The van der Waals surface area contributed by atoms with Gasteiger partial charge in [-0.2, -0.15) is 0 Å². The maximum atomic E-state index is 12.5. The number of hydrogen-bond acceptors (Lipinski definition) is 4. The summed E-state index contributed by atoms with van der Waals surface area (Å²) in [7, 11) is 0. The van der Waals surface area contributed by atoms with Gasteiger partial charge in [0.2, 0.25) is 5.78 Å². The number of aromatic nitrogens is 1. The number of nitrogens with one attached hydrogen (secondary N) is 1. The topological polar surface area (TPSA) is 68.4 Å². The SMILES string of the molecule is Cc1cc(OCCCC(=O)OCC(=O)c2c(C)[nH]c3ccccc23)ccc1Cl. The Morgan fingerprint density at radius 2 is 1.89 bits per heavy atom. The van der Waals surface area contributed by atoms with E-state index in [1.165, 1.54) is 0 Å². The maximum absolute atomic E-state index is 12.5. The van der Waals surface area contributed by atoms with Crippen molar-refractivity contribution >= 4 is 34.3 Å². The summed E-state index contributed by atoms with van der Waals surface area (Å²) in [6.45, 7) is 3.86.